The zero-order valence-corrected chi connectivity index (χ0v) is 15.9. The number of aromatic nitrogens is 2. The number of anilines is 1. The van der Waals surface area contributed by atoms with E-state index in [4.69, 9.17) is 0 Å². The molecule has 3 heterocycles. The SMILES string of the molecule is CC(C)(C(=O)Nc1ccccn1)N1CCN(CCc2ncccc2F)CC1. The van der Waals surface area contributed by atoms with Crippen LogP contribution >= 0.6 is 0 Å². The van der Waals surface area contributed by atoms with E-state index in [2.05, 4.69) is 25.1 Å². The van der Waals surface area contributed by atoms with Gasteiger partial charge >= 0.3 is 0 Å². The molecule has 1 saturated heterocycles. The maximum absolute atomic E-state index is 13.7. The molecular formula is C20H26FN5O. The van der Waals surface area contributed by atoms with Gasteiger partial charge in [-0.15, -0.1) is 0 Å². The van der Waals surface area contributed by atoms with Gasteiger partial charge in [0.05, 0.1) is 11.2 Å². The molecule has 1 amide bonds. The lowest BCUT2D eigenvalue weighted by atomic mass is 10.00. The van der Waals surface area contributed by atoms with E-state index >= 15 is 0 Å². The van der Waals surface area contributed by atoms with Crippen molar-refractivity contribution < 1.29 is 9.18 Å². The van der Waals surface area contributed by atoms with Gasteiger partial charge in [0.15, 0.2) is 0 Å². The van der Waals surface area contributed by atoms with Crippen LogP contribution in [-0.4, -0.2) is 63.9 Å². The molecule has 0 saturated carbocycles. The quantitative estimate of drug-likeness (QED) is 0.844. The average molecular weight is 371 g/mol. The zero-order valence-electron chi connectivity index (χ0n) is 15.9. The van der Waals surface area contributed by atoms with Crippen molar-refractivity contribution in [3.05, 3.63) is 54.2 Å². The average Bonchev–Trinajstić information content (AvgIpc) is 2.68. The predicted octanol–water partition coefficient (Wildman–Crippen LogP) is 2.19. The Balaban J connectivity index is 1.50. The number of pyridine rings is 2. The maximum atomic E-state index is 13.7. The molecule has 0 aliphatic carbocycles. The molecule has 0 spiro atoms. The minimum absolute atomic E-state index is 0.0646. The highest BCUT2D eigenvalue weighted by Gasteiger charge is 2.36. The summed E-state index contributed by atoms with van der Waals surface area (Å²) < 4.78 is 13.7. The first-order valence-corrected chi connectivity index (χ1v) is 9.26. The smallest absolute Gasteiger partial charge is 0.245 e. The highest BCUT2D eigenvalue weighted by Crippen LogP contribution is 2.19. The Morgan fingerprint density at radius 2 is 1.85 bits per heavy atom. The Hall–Kier alpha value is -2.38. The number of hydrogen-bond acceptors (Lipinski definition) is 5. The van der Waals surface area contributed by atoms with Crippen LogP contribution < -0.4 is 5.32 Å². The van der Waals surface area contributed by atoms with Crippen LogP contribution in [0.4, 0.5) is 10.2 Å². The van der Waals surface area contributed by atoms with Gasteiger partial charge < -0.3 is 10.2 Å². The third-order valence-electron chi connectivity index (χ3n) is 5.12. The van der Waals surface area contributed by atoms with Crippen LogP contribution in [0.3, 0.4) is 0 Å². The largest absolute Gasteiger partial charge is 0.309 e. The summed E-state index contributed by atoms with van der Waals surface area (Å²) in [6.07, 6.45) is 3.88. The standard InChI is InChI=1S/C20H26FN5O/c1-20(2,19(27)24-18-7-3-4-9-23-18)26-14-12-25(13-15-26)11-8-17-16(21)6-5-10-22-17/h3-7,9-10H,8,11-15H2,1-2H3,(H,23,24,27). The molecule has 2 aromatic heterocycles. The molecule has 0 unspecified atom stereocenters. The van der Waals surface area contributed by atoms with Gasteiger partial charge in [-0.1, -0.05) is 6.07 Å². The molecule has 0 atom stereocenters. The van der Waals surface area contributed by atoms with E-state index in [1.807, 2.05) is 26.0 Å². The van der Waals surface area contributed by atoms with Crippen molar-refractivity contribution in [2.24, 2.45) is 0 Å². The van der Waals surface area contributed by atoms with Crippen molar-refractivity contribution in [3.8, 4) is 0 Å². The summed E-state index contributed by atoms with van der Waals surface area (Å²) in [6.45, 7) is 7.89. The summed E-state index contributed by atoms with van der Waals surface area (Å²) >= 11 is 0. The number of amides is 1. The summed E-state index contributed by atoms with van der Waals surface area (Å²) in [5, 5.41) is 2.89. The Morgan fingerprint density at radius 1 is 1.11 bits per heavy atom. The molecule has 144 valence electrons. The number of nitrogens with zero attached hydrogens (tertiary/aromatic N) is 4. The molecule has 2 aromatic rings. The van der Waals surface area contributed by atoms with E-state index in [-0.39, 0.29) is 11.7 Å². The summed E-state index contributed by atoms with van der Waals surface area (Å²) in [7, 11) is 0. The van der Waals surface area contributed by atoms with Gasteiger partial charge in [0.1, 0.15) is 11.6 Å². The fourth-order valence-corrected chi connectivity index (χ4v) is 3.25. The van der Waals surface area contributed by atoms with Gasteiger partial charge in [-0.05, 0) is 38.1 Å². The Labute approximate surface area is 159 Å². The topological polar surface area (TPSA) is 61.4 Å². The molecule has 1 aliphatic heterocycles. The van der Waals surface area contributed by atoms with E-state index in [9.17, 15) is 9.18 Å². The van der Waals surface area contributed by atoms with Crippen molar-refractivity contribution in [2.45, 2.75) is 25.8 Å². The third kappa shape index (κ3) is 4.87. The fourth-order valence-electron chi connectivity index (χ4n) is 3.25. The van der Waals surface area contributed by atoms with Crippen molar-refractivity contribution >= 4 is 11.7 Å². The Morgan fingerprint density at radius 3 is 2.52 bits per heavy atom. The first-order chi connectivity index (χ1) is 13.0. The number of halogens is 1. The lowest BCUT2D eigenvalue weighted by molar-refractivity contribution is -0.127. The molecule has 1 aliphatic rings. The molecule has 6 nitrogen and oxygen atoms in total. The van der Waals surface area contributed by atoms with Gasteiger partial charge in [0, 0.05) is 51.5 Å². The second kappa shape index (κ2) is 8.54. The van der Waals surface area contributed by atoms with Gasteiger partial charge in [0.25, 0.3) is 0 Å². The van der Waals surface area contributed by atoms with Crippen LogP contribution in [0.2, 0.25) is 0 Å². The summed E-state index contributed by atoms with van der Waals surface area (Å²) in [5.41, 5.74) is -0.119. The van der Waals surface area contributed by atoms with E-state index in [0.29, 0.717) is 17.9 Å². The first kappa shape index (κ1) is 19.4. The normalized spacial score (nSPS) is 16.3. The van der Waals surface area contributed by atoms with Gasteiger partial charge in [0.2, 0.25) is 5.91 Å². The second-order valence-electron chi connectivity index (χ2n) is 7.24. The molecular weight excluding hydrogens is 345 g/mol. The number of hydrogen-bond donors (Lipinski definition) is 1. The molecule has 1 fully saturated rings. The van der Waals surface area contributed by atoms with Crippen LogP contribution in [0.1, 0.15) is 19.5 Å². The number of rotatable bonds is 6. The van der Waals surface area contributed by atoms with E-state index in [0.717, 1.165) is 32.7 Å². The molecule has 1 N–H and O–H groups in total. The fraction of sp³-hybridized carbons (Fsp3) is 0.450. The van der Waals surface area contributed by atoms with Crippen LogP contribution in [0, 0.1) is 5.82 Å². The Kier molecular flexibility index (Phi) is 6.13. The van der Waals surface area contributed by atoms with Gasteiger partial charge in [-0.2, -0.15) is 0 Å². The summed E-state index contributed by atoms with van der Waals surface area (Å²) in [6, 6.07) is 8.50. The van der Waals surface area contributed by atoms with Crippen molar-refractivity contribution in [1.82, 2.24) is 19.8 Å². The summed E-state index contributed by atoms with van der Waals surface area (Å²) in [5.74, 6) is 0.250. The zero-order chi connectivity index (χ0) is 19.3. The molecule has 3 rings (SSSR count). The number of nitrogens with one attached hydrogen (secondary N) is 1. The number of carbonyl (C=O) groups excluding carboxylic acids is 1. The van der Waals surface area contributed by atoms with Crippen LogP contribution in [0.25, 0.3) is 0 Å². The van der Waals surface area contributed by atoms with E-state index in [1.165, 1.54) is 6.07 Å². The van der Waals surface area contributed by atoms with Crippen molar-refractivity contribution in [1.29, 1.82) is 0 Å². The number of carbonyl (C=O) groups is 1. The van der Waals surface area contributed by atoms with Crippen molar-refractivity contribution in [2.75, 3.05) is 38.0 Å². The molecule has 0 radical (unpaired) electrons. The first-order valence-electron chi connectivity index (χ1n) is 9.26. The van der Waals surface area contributed by atoms with Crippen LogP contribution in [-0.2, 0) is 11.2 Å². The van der Waals surface area contributed by atoms with Gasteiger partial charge in [-0.3, -0.25) is 14.7 Å². The second-order valence-corrected chi connectivity index (χ2v) is 7.24. The summed E-state index contributed by atoms with van der Waals surface area (Å²) in [4.78, 5) is 25.4. The molecule has 27 heavy (non-hydrogen) atoms. The predicted molar refractivity (Wildman–Crippen MR) is 103 cm³/mol. The Bertz CT molecular complexity index is 760. The van der Waals surface area contributed by atoms with Gasteiger partial charge in [-0.25, -0.2) is 9.37 Å². The number of piperazine rings is 1. The molecule has 7 heteroatoms. The highest BCUT2D eigenvalue weighted by atomic mass is 19.1. The lowest BCUT2D eigenvalue weighted by Gasteiger charge is -2.42. The van der Waals surface area contributed by atoms with E-state index < -0.39 is 5.54 Å². The maximum Gasteiger partial charge on any atom is 0.245 e. The minimum atomic E-state index is -0.628. The van der Waals surface area contributed by atoms with Crippen LogP contribution in [0.15, 0.2) is 42.7 Å². The minimum Gasteiger partial charge on any atom is -0.309 e. The highest BCUT2D eigenvalue weighted by molar-refractivity contribution is 5.96. The van der Waals surface area contributed by atoms with Crippen molar-refractivity contribution in [3.63, 3.8) is 0 Å². The van der Waals surface area contributed by atoms with E-state index in [1.54, 1.807) is 24.5 Å². The third-order valence-corrected chi connectivity index (χ3v) is 5.12. The monoisotopic (exact) mass is 371 g/mol. The van der Waals surface area contributed by atoms with Crippen LogP contribution in [0.5, 0.6) is 0 Å². The molecule has 0 bridgehead atoms. The lowest BCUT2D eigenvalue weighted by Crippen LogP contribution is -2.59. The molecule has 0 aromatic carbocycles.